The zero-order chi connectivity index (χ0) is 22.4. The van der Waals surface area contributed by atoms with Gasteiger partial charge in [-0.3, -0.25) is 9.59 Å². The van der Waals surface area contributed by atoms with E-state index in [0.29, 0.717) is 24.2 Å². The third-order valence-corrected chi connectivity index (χ3v) is 5.29. The van der Waals surface area contributed by atoms with Crippen molar-refractivity contribution in [3.63, 3.8) is 0 Å². The van der Waals surface area contributed by atoms with Crippen molar-refractivity contribution in [3.05, 3.63) is 47.7 Å². The summed E-state index contributed by atoms with van der Waals surface area (Å²) in [6, 6.07) is 10.00. The Hall–Kier alpha value is -3.22. The quantitative estimate of drug-likeness (QED) is 0.407. The summed E-state index contributed by atoms with van der Waals surface area (Å²) < 4.78 is 6.49. The molecule has 2 heterocycles. The summed E-state index contributed by atoms with van der Waals surface area (Å²) in [5.74, 6) is -0.340. The second-order valence-corrected chi connectivity index (χ2v) is 7.93. The molecular weight excluding hydrogens is 392 g/mol. The van der Waals surface area contributed by atoms with Crippen molar-refractivity contribution in [2.75, 3.05) is 13.7 Å². The number of benzene rings is 1. The van der Waals surface area contributed by atoms with Gasteiger partial charge in [0.1, 0.15) is 0 Å². The molecule has 164 valence electrons. The molecule has 1 aromatic carbocycles. The van der Waals surface area contributed by atoms with Gasteiger partial charge in [0.25, 0.3) is 5.91 Å². The lowest BCUT2D eigenvalue weighted by atomic mass is 10.0. The Labute approximate surface area is 182 Å². The van der Waals surface area contributed by atoms with E-state index in [1.165, 1.54) is 7.11 Å². The molecule has 0 bridgehead atoms. The molecule has 3 rings (SSSR count). The number of fused-ring (bicyclic) bond motifs is 1. The van der Waals surface area contributed by atoms with Gasteiger partial charge in [-0.05, 0) is 45.2 Å². The number of hydrogen-bond acceptors (Lipinski definition) is 5. The van der Waals surface area contributed by atoms with E-state index in [4.69, 9.17) is 4.98 Å². The Kier molecular flexibility index (Phi) is 7.39. The highest BCUT2D eigenvalue weighted by Crippen LogP contribution is 2.28. The third-order valence-electron chi connectivity index (χ3n) is 5.29. The summed E-state index contributed by atoms with van der Waals surface area (Å²) in [5, 5.41) is 8.22. The molecule has 0 spiro atoms. The number of aryl methyl sites for hydroxylation is 1. The van der Waals surface area contributed by atoms with E-state index >= 15 is 0 Å². The van der Waals surface area contributed by atoms with Crippen molar-refractivity contribution in [2.24, 2.45) is 0 Å². The number of aromatic nitrogens is 3. The number of carbonyl (C=O) groups excluding carboxylic acids is 2. The van der Waals surface area contributed by atoms with Gasteiger partial charge in [0.15, 0.2) is 5.65 Å². The molecule has 0 atom stereocenters. The maximum atomic E-state index is 13.0. The van der Waals surface area contributed by atoms with E-state index in [1.54, 1.807) is 6.20 Å². The van der Waals surface area contributed by atoms with Crippen molar-refractivity contribution < 1.29 is 14.3 Å². The number of nitrogens with zero attached hydrogens (tertiary/aromatic N) is 3. The number of nitrogens with one attached hydrogen (secondary N) is 1. The third kappa shape index (κ3) is 5.29. The Morgan fingerprint density at radius 3 is 2.65 bits per heavy atom. The summed E-state index contributed by atoms with van der Waals surface area (Å²) in [6.07, 6.45) is 4.52. The van der Waals surface area contributed by atoms with Crippen molar-refractivity contribution in [2.45, 2.75) is 52.5 Å². The Balaban J connectivity index is 1.82. The van der Waals surface area contributed by atoms with Crippen LogP contribution in [0.3, 0.4) is 0 Å². The van der Waals surface area contributed by atoms with Crippen molar-refractivity contribution in [3.8, 4) is 11.3 Å². The summed E-state index contributed by atoms with van der Waals surface area (Å²) in [4.78, 5) is 29.1. The smallest absolute Gasteiger partial charge is 0.305 e. The molecule has 7 heteroatoms. The topological polar surface area (TPSA) is 86.1 Å². The number of esters is 1. The first-order valence-electron chi connectivity index (χ1n) is 10.7. The van der Waals surface area contributed by atoms with Crippen LogP contribution in [0, 0.1) is 6.92 Å². The first kappa shape index (κ1) is 22.5. The zero-order valence-electron chi connectivity index (χ0n) is 18.6. The molecule has 1 amide bonds. The molecule has 2 aromatic heterocycles. The van der Waals surface area contributed by atoms with Crippen LogP contribution in [0.25, 0.3) is 22.3 Å². The number of ether oxygens (including phenoxy) is 1. The van der Waals surface area contributed by atoms with Gasteiger partial charge in [0.05, 0.1) is 30.0 Å². The molecule has 1 N–H and O–H groups in total. The molecule has 0 radical (unpaired) electrons. The summed E-state index contributed by atoms with van der Waals surface area (Å²) in [5.41, 5.74) is 4.14. The number of pyridine rings is 1. The molecule has 0 unspecified atom stereocenters. The van der Waals surface area contributed by atoms with Crippen LogP contribution in [0.2, 0.25) is 0 Å². The summed E-state index contributed by atoms with van der Waals surface area (Å²) in [6.45, 7) is 6.67. The number of carbonyl (C=O) groups is 2. The largest absolute Gasteiger partial charge is 0.469 e. The van der Waals surface area contributed by atoms with E-state index < -0.39 is 0 Å². The molecule has 0 saturated carbocycles. The Bertz CT molecular complexity index is 1070. The summed E-state index contributed by atoms with van der Waals surface area (Å²) >= 11 is 0. The highest BCUT2D eigenvalue weighted by molar-refractivity contribution is 6.06. The monoisotopic (exact) mass is 422 g/mol. The van der Waals surface area contributed by atoms with Crippen LogP contribution in [-0.4, -0.2) is 40.3 Å². The van der Waals surface area contributed by atoms with Gasteiger partial charge >= 0.3 is 5.97 Å². The highest BCUT2D eigenvalue weighted by Gasteiger charge is 2.19. The second-order valence-electron chi connectivity index (χ2n) is 7.93. The Morgan fingerprint density at radius 1 is 1.16 bits per heavy atom. The first-order chi connectivity index (χ1) is 14.9. The number of amides is 1. The fourth-order valence-electron chi connectivity index (χ4n) is 3.55. The lowest BCUT2D eigenvalue weighted by Crippen LogP contribution is -2.25. The molecule has 0 aliphatic heterocycles. The van der Waals surface area contributed by atoms with Crippen LogP contribution in [-0.2, 0) is 9.53 Å². The highest BCUT2D eigenvalue weighted by atomic mass is 16.5. The number of methoxy groups -OCH3 is 1. The summed E-state index contributed by atoms with van der Waals surface area (Å²) in [7, 11) is 1.39. The van der Waals surface area contributed by atoms with Crippen LogP contribution in [0.1, 0.15) is 61.5 Å². The molecule has 0 aliphatic carbocycles. The van der Waals surface area contributed by atoms with E-state index in [0.717, 1.165) is 41.5 Å². The molecule has 0 saturated heterocycles. The van der Waals surface area contributed by atoms with Crippen LogP contribution in [0.4, 0.5) is 0 Å². The zero-order valence-corrected chi connectivity index (χ0v) is 18.6. The maximum absolute atomic E-state index is 13.0. The number of rotatable bonds is 9. The normalized spacial score (nSPS) is 11.1. The standard InChI is InChI=1S/C24H30N4O3/c1-16(2)28-23-20(15-26-28)19(14-21(27-23)18-11-8-7-10-17(18)3)24(30)25-13-9-5-6-12-22(29)31-4/h7-8,10-11,14-16H,5-6,9,12-13H2,1-4H3,(H,25,30). The lowest BCUT2D eigenvalue weighted by molar-refractivity contribution is -0.140. The van der Waals surface area contributed by atoms with Crippen LogP contribution >= 0.6 is 0 Å². The van der Waals surface area contributed by atoms with Crippen LogP contribution in [0.5, 0.6) is 0 Å². The minimum Gasteiger partial charge on any atom is -0.469 e. The molecule has 0 aliphatic rings. The lowest BCUT2D eigenvalue weighted by Gasteiger charge is -2.12. The average Bonchev–Trinajstić information content (AvgIpc) is 3.19. The van der Waals surface area contributed by atoms with Crippen molar-refractivity contribution in [1.29, 1.82) is 0 Å². The first-order valence-corrected chi connectivity index (χ1v) is 10.7. The predicted octanol–water partition coefficient (Wildman–Crippen LogP) is 4.45. The van der Waals surface area contributed by atoms with Gasteiger partial charge in [-0.1, -0.05) is 30.7 Å². The number of hydrogen-bond donors (Lipinski definition) is 1. The Morgan fingerprint density at radius 2 is 1.94 bits per heavy atom. The van der Waals surface area contributed by atoms with Gasteiger partial charge in [0, 0.05) is 24.6 Å². The minimum absolute atomic E-state index is 0.128. The van der Waals surface area contributed by atoms with Crippen LogP contribution < -0.4 is 5.32 Å². The fraction of sp³-hybridized carbons (Fsp3) is 0.417. The molecular formula is C24H30N4O3. The van der Waals surface area contributed by atoms with Gasteiger partial charge in [-0.15, -0.1) is 0 Å². The van der Waals surface area contributed by atoms with E-state index in [9.17, 15) is 9.59 Å². The fourth-order valence-corrected chi connectivity index (χ4v) is 3.55. The van der Waals surface area contributed by atoms with Crippen LogP contribution in [0.15, 0.2) is 36.5 Å². The van der Waals surface area contributed by atoms with Gasteiger partial charge in [-0.25, -0.2) is 9.67 Å². The van der Waals surface area contributed by atoms with Crippen molar-refractivity contribution in [1.82, 2.24) is 20.1 Å². The van der Waals surface area contributed by atoms with Gasteiger partial charge in [0.2, 0.25) is 0 Å². The molecule has 0 fully saturated rings. The van der Waals surface area contributed by atoms with Gasteiger partial charge < -0.3 is 10.1 Å². The van der Waals surface area contributed by atoms with Gasteiger partial charge in [-0.2, -0.15) is 5.10 Å². The number of unbranched alkanes of at least 4 members (excludes halogenated alkanes) is 2. The molecule has 3 aromatic rings. The SMILES string of the molecule is COC(=O)CCCCCNC(=O)c1cc(-c2ccccc2C)nc2c1cnn2C(C)C. The van der Waals surface area contributed by atoms with E-state index in [2.05, 4.69) is 15.2 Å². The maximum Gasteiger partial charge on any atom is 0.305 e. The van der Waals surface area contributed by atoms with E-state index in [1.807, 2.05) is 55.8 Å². The molecule has 7 nitrogen and oxygen atoms in total. The minimum atomic E-state index is -0.200. The molecule has 31 heavy (non-hydrogen) atoms. The predicted molar refractivity (Wildman–Crippen MR) is 121 cm³/mol. The van der Waals surface area contributed by atoms with Crippen molar-refractivity contribution >= 4 is 22.9 Å². The average molecular weight is 423 g/mol. The van der Waals surface area contributed by atoms with E-state index in [-0.39, 0.29) is 17.9 Å². The second kappa shape index (κ2) is 10.2.